The van der Waals surface area contributed by atoms with E-state index in [1.807, 2.05) is 0 Å². The summed E-state index contributed by atoms with van der Waals surface area (Å²) in [6, 6.07) is 0. The Balaban J connectivity index is 1.62. The van der Waals surface area contributed by atoms with Crippen LogP contribution in [0.1, 0.15) is 39.5 Å². The molecular weight excluding hydrogens is 288 g/mol. The summed E-state index contributed by atoms with van der Waals surface area (Å²) in [7, 11) is 0. The van der Waals surface area contributed by atoms with Crippen LogP contribution in [0.15, 0.2) is 84.1 Å². The Morgan fingerprint density at radius 2 is 1.58 bits per heavy atom. The first-order valence-electron chi connectivity index (χ1n) is 9.37. The summed E-state index contributed by atoms with van der Waals surface area (Å²) in [6.07, 6.45) is 33.2. The summed E-state index contributed by atoms with van der Waals surface area (Å²) < 4.78 is 0. The van der Waals surface area contributed by atoms with Gasteiger partial charge in [0.2, 0.25) is 0 Å². The predicted molar refractivity (Wildman–Crippen MR) is 104 cm³/mol. The molecule has 4 aliphatic carbocycles. The molecule has 0 radical (unpaired) electrons. The predicted octanol–water partition coefficient (Wildman–Crippen LogP) is 6.48. The van der Waals surface area contributed by atoms with E-state index in [-0.39, 0.29) is 0 Å². The number of allylic oxidation sites excluding steroid dienone is 14. The highest BCUT2D eigenvalue weighted by molar-refractivity contribution is 5.43. The lowest BCUT2D eigenvalue weighted by Gasteiger charge is -2.27. The Hall–Kier alpha value is -1.82. The van der Waals surface area contributed by atoms with Gasteiger partial charge >= 0.3 is 0 Å². The van der Waals surface area contributed by atoms with Crippen molar-refractivity contribution in [2.45, 2.75) is 39.5 Å². The van der Waals surface area contributed by atoms with Gasteiger partial charge < -0.3 is 0 Å². The van der Waals surface area contributed by atoms with Gasteiger partial charge in [-0.2, -0.15) is 0 Å². The maximum Gasteiger partial charge on any atom is 0.0124 e. The van der Waals surface area contributed by atoms with E-state index in [0.29, 0.717) is 22.7 Å². The van der Waals surface area contributed by atoms with Crippen molar-refractivity contribution in [2.24, 2.45) is 22.7 Å². The average Bonchev–Trinajstić information content (AvgIpc) is 3.38. The maximum absolute atomic E-state index is 2.48. The lowest BCUT2D eigenvalue weighted by Crippen LogP contribution is -2.16. The zero-order valence-electron chi connectivity index (χ0n) is 14.9. The van der Waals surface area contributed by atoms with E-state index in [4.69, 9.17) is 0 Å². The fourth-order valence-corrected chi connectivity index (χ4v) is 3.97. The zero-order valence-corrected chi connectivity index (χ0v) is 14.9. The van der Waals surface area contributed by atoms with Crippen molar-refractivity contribution in [3.63, 3.8) is 0 Å². The van der Waals surface area contributed by atoms with Crippen LogP contribution in [0.4, 0.5) is 0 Å². The molecule has 0 heteroatoms. The van der Waals surface area contributed by atoms with Crippen LogP contribution in [0.3, 0.4) is 0 Å². The summed E-state index contributed by atoms with van der Waals surface area (Å²) in [5.41, 5.74) is 3.69. The number of rotatable bonds is 2. The summed E-state index contributed by atoms with van der Waals surface area (Å²) in [5, 5.41) is 0. The molecule has 4 rings (SSSR count). The van der Waals surface area contributed by atoms with Gasteiger partial charge in [0.1, 0.15) is 0 Å². The summed E-state index contributed by atoms with van der Waals surface area (Å²) in [4.78, 5) is 0. The normalized spacial score (nSPS) is 32.2. The standard InChI is InChI=1S/C24H28/c1-23(2)13-5-7-19(11-15-23)21-9-3-4-10-22(21)20-8-6-14-24(16-12-20)17-18-24/h3-12,14,16,21-22H,13,15,17-18H2,1-2H3. The molecule has 0 aromatic heterocycles. The van der Waals surface area contributed by atoms with Crippen molar-refractivity contribution < 1.29 is 0 Å². The molecule has 0 saturated heterocycles. The van der Waals surface area contributed by atoms with Gasteiger partial charge in [-0.25, -0.2) is 0 Å². The molecule has 1 fully saturated rings. The minimum absolute atomic E-state index is 0.380. The smallest absolute Gasteiger partial charge is 0.0124 e. The molecule has 1 saturated carbocycles. The molecule has 1 spiro atoms. The van der Waals surface area contributed by atoms with Crippen LogP contribution in [0.2, 0.25) is 0 Å². The Labute approximate surface area is 146 Å². The first-order valence-corrected chi connectivity index (χ1v) is 9.37. The lowest BCUT2D eigenvalue weighted by atomic mass is 9.77. The molecule has 2 unspecified atom stereocenters. The molecule has 0 amide bonds. The second-order valence-electron chi connectivity index (χ2n) is 8.59. The van der Waals surface area contributed by atoms with Crippen LogP contribution < -0.4 is 0 Å². The summed E-state index contributed by atoms with van der Waals surface area (Å²) >= 11 is 0. The van der Waals surface area contributed by atoms with Gasteiger partial charge in [0.05, 0.1) is 0 Å². The molecule has 24 heavy (non-hydrogen) atoms. The Bertz CT molecular complexity index is 711. The first kappa shape index (κ1) is 15.7. The third-order valence-corrected chi connectivity index (χ3v) is 5.93. The molecule has 0 heterocycles. The summed E-state index contributed by atoms with van der Waals surface area (Å²) in [6.45, 7) is 4.72. The van der Waals surface area contributed by atoms with Crippen molar-refractivity contribution in [2.75, 3.05) is 0 Å². The fraction of sp³-hybridized carbons (Fsp3) is 0.417. The van der Waals surface area contributed by atoms with Crippen molar-refractivity contribution in [1.29, 1.82) is 0 Å². The maximum atomic E-state index is 2.48. The van der Waals surface area contributed by atoms with Gasteiger partial charge in [-0.3, -0.25) is 0 Å². The SMILES string of the molecule is CC1(C)CC=CC(C2C=CC=CC2C2=CC=CC3(C=C2)CC3)=CC1. The summed E-state index contributed by atoms with van der Waals surface area (Å²) in [5.74, 6) is 0.902. The molecule has 2 atom stereocenters. The highest BCUT2D eigenvalue weighted by Gasteiger charge is 2.38. The number of hydrogen-bond donors (Lipinski definition) is 0. The van der Waals surface area contributed by atoms with Crippen LogP contribution in [-0.4, -0.2) is 0 Å². The van der Waals surface area contributed by atoms with Gasteiger partial charge in [-0.1, -0.05) is 86.8 Å². The molecule has 0 bridgehead atoms. The Morgan fingerprint density at radius 3 is 2.33 bits per heavy atom. The largest absolute Gasteiger partial charge is 0.0837 e. The van der Waals surface area contributed by atoms with E-state index >= 15 is 0 Å². The van der Waals surface area contributed by atoms with E-state index < -0.39 is 0 Å². The molecule has 4 aliphatic rings. The van der Waals surface area contributed by atoms with Crippen LogP contribution in [0, 0.1) is 22.7 Å². The second kappa shape index (κ2) is 5.92. The molecule has 124 valence electrons. The van der Waals surface area contributed by atoms with Crippen molar-refractivity contribution >= 4 is 0 Å². The van der Waals surface area contributed by atoms with E-state index in [1.54, 1.807) is 0 Å². The van der Waals surface area contributed by atoms with Crippen LogP contribution in [0.25, 0.3) is 0 Å². The molecule has 0 N–H and O–H groups in total. The minimum Gasteiger partial charge on any atom is -0.0837 e. The van der Waals surface area contributed by atoms with Gasteiger partial charge in [-0.15, -0.1) is 0 Å². The van der Waals surface area contributed by atoms with E-state index in [0.717, 1.165) is 12.8 Å². The van der Waals surface area contributed by atoms with Crippen molar-refractivity contribution in [3.05, 3.63) is 84.1 Å². The average molecular weight is 316 g/mol. The van der Waals surface area contributed by atoms with Crippen LogP contribution in [-0.2, 0) is 0 Å². The molecule has 0 aromatic carbocycles. The van der Waals surface area contributed by atoms with Crippen LogP contribution in [0.5, 0.6) is 0 Å². The highest BCUT2D eigenvalue weighted by Crippen LogP contribution is 2.50. The topological polar surface area (TPSA) is 0 Å². The second-order valence-corrected chi connectivity index (χ2v) is 8.59. The van der Waals surface area contributed by atoms with Crippen molar-refractivity contribution in [3.8, 4) is 0 Å². The van der Waals surface area contributed by atoms with Gasteiger partial charge in [-0.05, 0) is 42.2 Å². The molecule has 0 nitrogen and oxygen atoms in total. The zero-order chi connectivity index (χ0) is 16.6. The Kier molecular flexibility index (Phi) is 3.87. The monoisotopic (exact) mass is 316 g/mol. The number of hydrogen-bond acceptors (Lipinski definition) is 0. The Morgan fingerprint density at radius 1 is 0.833 bits per heavy atom. The van der Waals surface area contributed by atoms with Crippen molar-refractivity contribution in [1.82, 2.24) is 0 Å². The molecule has 0 aliphatic heterocycles. The van der Waals surface area contributed by atoms with E-state index in [9.17, 15) is 0 Å². The lowest BCUT2D eigenvalue weighted by molar-refractivity contribution is 0.378. The quantitative estimate of drug-likeness (QED) is 0.547. The fourth-order valence-electron chi connectivity index (χ4n) is 3.97. The third-order valence-electron chi connectivity index (χ3n) is 5.93. The van der Waals surface area contributed by atoms with Gasteiger partial charge in [0.25, 0.3) is 0 Å². The highest BCUT2D eigenvalue weighted by atomic mass is 14.4. The van der Waals surface area contributed by atoms with E-state index in [2.05, 4.69) is 86.8 Å². The third kappa shape index (κ3) is 3.20. The minimum atomic E-state index is 0.380. The van der Waals surface area contributed by atoms with E-state index in [1.165, 1.54) is 24.0 Å². The molecular formula is C24H28. The van der Waals surface area contributed by atoms with Gasteiger partial charge in [0.15, 0.2) is 0 Å². The van der Waals surface area contributed by atoms with Crippen LogP contribution >= 0.6 is 0 Å². The first-order chi connectivity index (χ1) is 11.6. The molecule has 0 aromatic rings. The van der Waals surface area contributed by atoms with Gasteiger partial charge in [0, 0.05) is 17.3 Å².